The van der Waals surface area contributed by atoms with Gasteiger partial charge in [0.05, 0.1) is 13.0 Å². The molecular weight excluding hydrogens is 194 g/mol. The Kier molecular flexibility index (Phi) is 2.41. The van der Waals surface area contributed by atoms with E-state index in [-0.39, 0.29) is 18.2 Å². The summed E-state index contributed by atoms with van der Waals surface area (Å²) in [5.41, 5.74) is 0.767. The molecule has 4 heteroatoms. The van der Waals surface area contributed by atoms with E-state index >= 15 is 0 Å². The van der Waals surface area contributed by atoms with Crippen LogP contribution >= 0.6 is 0 Å². The van der Waals surface area contributed by atoms with E-state index < -0.39 is 5.92 Å². The Morgan fingerprint density at radius 2 is 2.07 bits per heavy atom. The van der Waals surface area contributed by atoms with Crippen LogP contribution in [0.25, 0.3) is 0 Å². The molecule has 0 saturated carbocycles. The van der Waals surface area contributed by atoms with Crippen LogP contribution in [0.15, 0.2) is 24.3 Å². The molecule has 1 unspecified atom stereocenters. The third-order valence-corrected chi connectivity index (χ3v) is 2.48. The van der Waals surface area contributed by atoms with Crippen LogP contribution in [0.3, 0.4) is 0 Å². The van der Waals surface area contributed by atoms with E-state index in [1.54, 1.807) is 13.2 Å². The van der Waals surface area contributed by atoms with Crippen molar-refractivity contribution in [3.63, 3.8) is 0 Å². The zero-order valence-electron chi connectivity index (χ0n) is 8.32. The first-order valence-electron chi connectivity index (χ1n) is 4.69. The summed E-state index contributed by atoms with van der Waals surface area (Å²) in [7, 11) is 1.55. The van der Waals surface area contributed by atoms with Gasteiger partial charge in [-0.25, -0.2) is 0 Å². The zero-order valence-corrected chi connectivity index (χ0v) is 8.32. The number of hydrogen-bond donors (Lipinski definition) is 1. The first kappa shape index (κ1) is 9.71. The largest absolute Gasteiger partial charge is 0.496 e. The van der Waals surface area contributed by atoms with Crippen molar-refractivity contribution in [3.8, 4) is 5.75 Å². The van der Waals surface area contributed by atoms with Gasteiger partial charge < -0.3 is 4.74 Å². The van der Waals surface area contributed by atoms with Gasteiger partial charge in [-0.15, -0.1) is 0 Å². The average molecular weight is 205 g/mol. The van der Waals surface area contributed by atoms with E-state index in [4.69, 9.17) is 4.74 Å². The number of methoxy groups -OCH3 is 1. The van der Waals surface area contributed by atoms with Crippen molar-refractivity contribution in [1.29, 1.82) is 0 Å². The van der Waals surface area contributed by atoms with Gasteiger partial charge in [0.1, 0.15) is 5.75 Å². The van der Waals surface area contributed by atoms with Crippen molar-refractivity contribution in [3.05, 3.63) is 29.8 Å². The Bertz CT molecular complexity index is 414. The second-order valence-corrected chi connectivity index (χ2v) is 3.41. The average Bonchev–Trinajstić information content (AvgIpc) is 2.57. The molecule has 0 aromatic heterocycles. The molecule has 1 aliphatic heterocycles. The summed E-state index contributed by atoms with van der Waals surface area (Å²) in [4.78, 5) is 22.5. The van der Waals surface area contributed by atoms with E-state index in [1.807, 2.05) is 18.2 Å². The number of nitrogens with one attached hydrogen (secondary N) is 1. The number of hydrogen-bond acceptors (Lipinski definition) is 3. The lowest BCUT2D eigenvalue weighted by atomic mass is 9.97. The van der Waals surface area contributed by atoms with Gasteiger partial charge >= 0.3 is 0 Å². The molecule has 78 valence electrons. The van der Waals surface area contributed by atoms with Gasteiger partial charge in [0.2, 0.25) is 11.8 Å². The lowest BCUT2D eigenvalue weighted by Crippen LogP contribution is -2.21. The number of rotatable bonds is 2. The molecule has 1 heterocycles. The van der Waals surface area contributed by atoms with E-state index in [9.17, 15) is 9.59 Å². The minimum atomic E-state index is -0.409. The van der Waals surface area contributed by atoms with Crippen LogP contribution in [0.1, 0.15) is 17.9 Å². The second kappa shape index (κ2) is 3.73. The van der Waals surface area contributed by atoms with Crippen molar-refractivity contribution in [2.75, 3.05) is 7.11 Å². The molecule has 4 nitrogen and oxygen atoms in total. The zero-order chi connectivity index (χ0) is 10.8. The molecule has 1 saturated heterocycles. The number of imide groups is 1. The van der Waals surface area contributed by atoms with Gasteiger partial charge in [-0.3, -0.25) is 14.9 Å². The quantitative estimate of drug-likeness (QED) is 0.727. The molecule has 1 atom stereocenters. The van der Waals surface area contributed by atoms with Crippen molar-refractivity contribution >= 4 is 11.8 Å². The summed E-state index contributed by atoms with van der Waals surface area (Å²) in [6.45, 7) is 0. The summed E-state index contributed by atoms with van der Waals surface area (Å²) >= 11 is 0. The predicted octanol–water partition coefficient (Wildman–Crippen LogP) is 0.825. The molecule has 1 aliphatic rings. The molecule has 0 aliphatic carbocycles. The fraction of sp³-hybridized carbons (Fsp3) is 0.273. The highest BCUT2D eigenvalue weighted by molar-refractivity contribution is 6.06. The summed E-state index contributed by atoms with van der Waals surface area (Å²) in [6, 6.07) is 7.25. The molecular formula is C11H11NO3. The Hall–Kier alpha value is -1.84. The third kappa shape index (κ3) is 1.70. The number of carbonyl (C=O) groups excluding carboxylic acids is 2. The molecule has 15 heavy (non-hydrogen) atoms. The minimum Gasteiger partial charge on any atom is -0.496 e. The summed E-state index contributed by atoms with van der Waals surface area (Å²) in [5.74, 6) is -0.235. The molecule has 1 N–H and O–H groups in total. The number of ether oxygens (including phenoxy) is 1. The maximum absolute atomic E-state index is 11.5. The van der Waals surface area contributed by atoms with Crippen LogP contribution in [0.4, 0.5) is 0 Å². The predicted molar refractivity (Wildman–Crippen MR) is 53.5 cm³/mol. The smallest absolute Gasteiger partial charge is 0.234 e. The maximum atomic E-state index is 11.5. The first-order valence-corrected chi connectivity index (χ1v) is 4.69. The van der Waals surface area contributed by atoms with Gasteiger partial charge in [-0.05, 0) is 6.07 Å². The molecule has 0 spiro atoms. The van der Waals surface area contributed by atoms with E-state index in [0.717, 1.165) is 5.56 Å². The first-order chi connectivity index (χ1) is 7.22. The van der Waals surface area contributed by atoms with Crippen molar-refractivity contribution < 1.29 is 14.3 Å². The second-order valence-electron chi connectivity index (χ2n) is 3.41. The van der Waals surface area contributed by atoms with Gasteiger partial charge in [0.15, 0.2) is 0 Å². The Morgan fingerprint density at radius 1 is 1.33 bits per heavy atom. The fourth-order valence-electron chi connectivity index (χ4n) is 1.76. The van der Waals surface area contributed by atoms with Gasteiger partial charge in [-0.1, -0.05) is 18.2 Å². The van der Waals surface area contributed by atoms with Crippen molar-refractivity contribution in [2.24, 2.45) is 0 Å². The standard InChI is InChI=1S/C11H11NO3/c1-15-9-5-3-2-4-7(9)8-6-10(13)12-11(8)14/h2-5,8H,6H2,1H3,(H,12,13,14). The third-order valence-electron chi connectivity index (χ3n) is 2.48. The van der Waals surface area contributed by atoms with Gasteiger partial charge in [-0.2, -0.15) is 0 Å². The summed E-state index contributed by atoms with van der Waals surface area (Å²) in [5, 5.41) is 2.28. The van der Waals surface area contributed by atoms with E-state index in [2.05, 4.69) is 5.32 Å². The molecule has 0 radical (unpaired) electrons. The highest BCUT2D eigenvalue weighted by atomic mass is 16.5. The molecule has 0 bridgehead atoms. The normalized spacial score (nSPS) is 20.2. The Morgan fingerprint density at radius 3 is 2.67 bits per heavy atom. The molecule has 1 aromatic rings. The van der Waals surface area contributed by atoms with E-state index in [0.29, 0.717) is 5.75 Å². The Labute approximate surface area is 87.2 Å². The number of para-hydroxylation sites is 1. The highest BCUT2D eigenvalue weighted by Crippen LogP contribution is 2.31. The number of carbonyl (C=O) groups is 2. The lowest BCUT2D eigenvalue weighted by molar-refractivity contribution is -0.125. The molecule has 1 aromatic carbocycles. The molecule has 1 fully saturated rings. The minimum absolute atomic E-state index is 0.208. The monoisotopic (exact) mass is 205 g/mol. The maximum Gasteiger partial charge on any atom is 0.234 e. The van der Waals surface area contributed by atoms with Crippen LogP contribution in [0.5, 0.6) is 5.75 Å². The highest BCUT2D eigenvalue weighted by Gasteiger charge is 2.33. The van der Waals surface area contributed by atoms with Crippen LogP contribution in [-0.4, -0.2) is 18.9 Å². The number of amides is 2. The molecule has 2 rings (SSSR count). The van der Waals surface area contributed by atoms with Gasteiger partial charge in [0, 0.05) is 12.0 Å². The summed E-state index contributed by atoms with van der Waals surface area (Å²) < 4.78 is 5.15. The van der Waals surface area contributed by atoms with Crippen molar-refractivity contribution in [1.82, 2.24) is 5.32 Å². The van der Waals surface area contributed by atoms with E-state index in [1.165, 1.54) is 0 Å². The lowest BCUT2D eigenvalue weighted by Gasteiger charge is -2.11. The topological polar surface area (TPSA) is 55.4 Å². The molecule has 2 amide bonds. The number of benzene rings is 1. The van der Waals surface area contributed by atoms with Crippen molar-refractivity contribution in [2.45, 2.75) is 12.3 Å². The SMILES string of the molecule is COc1ccccc1C1CC(=O)NC1=O. The van der Waals surface area contributed by atoms with Crippen LogP contribution in [0, 0.1) is 0 Å². The van der Waals surface area contributed by atoms with Gasteiger partial charge in [0.25, 0.3) is 0 Å². The van der Waals surface area contributed by atoms with Crippen LogP contribution in [0.2, 0.25) is 0 Å². The Balaban J connectivity index is 2.37. The fourth-order valence-corrected chi connectivity index (χ4v) is 1.76. The summed E-state index contributed by atoms with van der Waals surface area (Å²) in [6.07, 6.45) is 0.208. The van der Waals surface area contributed by atoms with Crippen LogP contribution in [-0.2, 0) is 9.59 Å². The van der Waals surface area contributed by atoms with Crippen LogP contribution < -0.4 is 10.1 Å².